The van der Waals surface area contributed by atoms with Crippen molar-refractivity contribution in [2.24, 2.45) is 17.8 Å². The van der Waals surface area contributed by atoms with E-state index in [9.17, 15) is 0 Å². The van der Waals surface area contributed by atoms with E-state index in [1.54, 1.807) is 0 Å². The minimum Gasteiger partial charge on any atom is -0.385 e. The van der Waals surface area contributed by atoms with Gasteiger partial charge in [0.25, 0.3) is 0 Å². The topological polar surface area (TPSA) is 9.23 Å². The van der Waals surface area contributed by atoms with Crippen molar-refractivity contribution in [3.8, 4) is 11.1 Å². The summed E-state index contributed by atoms with van der Waals surface area (Å²) < 4.78 is 5.22. The molecule has 4 rings (SSSR count). The highest BCUT2D eigenvalue weighted by Gasteiger charge is 2.31. The number of benzene rings is 2. The van der Waals surface area contributed by atoms with Gasteiger partial charge in [-0.05, 0) is 104 Å². The molecule has 0 N–H and O–H groups in total. The first-order chi connectivity index (χ1) is 14.7. The molecule has 2 fully saturated rings. The molecule has 0 aliphatic heterocycles. The van der Waals surface area contributed by atoms with Crippen molar-refractivity contribution in [3.05, 3.63) is 59.1 Å². The Labute approximate surface area is 188 Å². The molecule has 2 saturated carbocycles. The second kappa shape index (κ2) is 10.8. The lowest BCUT2D eigenvalue weighted by atomic mass is 9.68. The molecule has 2 aliphatic carbocycles. The van der Waals surface area contributed by atoms with Gasteiger partial charge >= 0.3 is 0 Å². The van der Waals surface area contributed by atoms with Crippen LogP contribution in [0.1, 0.15) is 75.7 Å². The Kier molecular flexibility index (Phi) is 7.90. The van der Waals surface area contributed by atoms with Crippen molar-refractivity contribution in [1.29, 1.82) is 0 Å². The van der Waals surface area contributed by atoms with E-state index >= 15 is 0 Å². The van der Waals surface area contributed by atoms with Gasteiger partial charge in [0, 0.05) is 18.7 Å². The molecule has 0 saturated heterocycles. The molecule has 0 heterocycles. The second-order valence-electron chi connectivity index (χ2n) is 9.66. The van der Waals surface area contributed by atoms with Crippen molar-refractivity contribution >= 4 is 11.6 Å². The van der Waals surface area contributed by atoms with Crippen molar-refractivity contribution in [2.75, 3.05) is 13.7 Å². The lowest BCUT2D eigenvalue weighted by Gasteiger charge is -2.38. The van der Waals surface area contributed by atoms with Crippen LogP contribution >= 0.6 is 11.6 Å². The summed E-state index contributed by atoms with van der Waals surface area (Å²) in [6, 6.07) is 17.5. The number of methoxy groups -OCH3 is 1. The van der Waals surface area contributed by atoms with Crippen LogP contribution in [0.5, 0.6) is 0 Å². The van der Waals surface area contributed by atoms with Crippen LogP contribution in [0.4, 0.5) is 0 Å². The lowest BCUT2D eigenvalue weighted by molar-refractivity contribution is 0.144. The number of hydrogen-bond acceptors (Lipinski definition) is 1. The number of hydrogen-bond donors (Lipinski definition) is 0. The van der Waals surface area contributed by atoms with Crippen LogP contribution in [0.2, 0.25) is 5.02 Å². The zero-order chi connectivity index (χ0) is 20.8. The molecule has 0 amide bonds. The van der Waals surface area contributed by atoms with E-state index in [-0.39, 0.29) is 0 Å². The highest BCUT2D eigenvalue weighted by atomic mass is 35.5. The van der Waals surface area contributed by atoms with E-state index in [1.165, 1.54) is 80.9 Å². The molecule has 0 bridgehead atoms. The van der Waals surface area contributed by atoms with Gasteiger partial charge in [-0.3, -0.25) is 0 Å². The van der Waals surface area contributed by atoms with Crippen molar-refractivity contribution in [1.82, 2.24) is 0 Å². The van der Waals surface area contributed by atoms with Gasteiger partial charge in [-0.1, -0.05) is 60.8 Å². The Balaban J connectivity index is 1.24. The van der Waals surface area contributed by atoms with E-state index in [0.717, 1.165) is 35.3 Å². The number of rotatable bonds is 7. The largest absolute Gasteiger partial charge is 0.385 e. The van der Waals surface area contributed by atoms with Crippen molar-refractivity contribution < 1.29 is 4.74 Å². The highest BCUT2D eigenvalue weighted by Crippen LogP contribution is 2.44. The predicted octanol–water partition coefficient (Wildman–Crippen LogP) is 8.51. The van der Waals surface area contributed by atoms with Gasteiger partial charge in [0.15, 0.2) is 0 Å². The smallest absolute Gasteiger partial charge is 0.0462 e. The molecule has 2 aliphatic rings. The van der Waals surface area contributed by atoms with E-state index in [2.05, 4.69) is 36.4 Å². The fraction of sp³-hybridized carbons (Fsp3) is 0.571. The van der Waals surface area contributed by atoms with Crippen LogP contribution in [0.3, 0.4) is 0 Å². The molecule has 30 heavy (non-hydrogen) atoms. The van der Waals surface area contributed by atoms with E-state index < -0.39 is 0 Å². The summed E-state index contributed by atoms with van der Waals surface area (Å²) in [7, 11) is 1.82. The molecule has 0 radical (unpaired) electrons. The summed E-state index contributed by atoms with van der Waals surface area (Å²) in [5, 5.41) is 0.798. The zero-order valence-electron chi connectivity index (χ0n) is 18.5. The van der Waals surface area contributed by atoms with Crippen LogP contribution in [0.25, 0.3) is 11.1 Å². The Hall–Kier alpha value is -1.31. The molecular weight excluding hydrogens is 388 g/mol. The summed E-state index contributed by atoms with van der Waals surface area (Å²) >= 11 is 6.02. The first kappa shape index (κ1) is 21.9. The first-order valence-electron chi connectivity index (χ1n) is 12.1. The molecule has 2 aromatic rings. The van der Waals surface area contributed by atoms with Crippen LogP contribution in [-0.2, 0) is 4.74 Å². The monoisotopic (exact) mass is 424 g/mol. The van der Waals surface area contributed by atoms with Gasteiger partial charge in [-0.25, -0.2) is 0 Å². The average molecular weight is 425 g/mol. The van der Waals surface area contributed by atoms with Gasteiger partial charge < -0.3 is 4.74 Å². The van der Waals surface area contributed by atoms with Gasteiger partial charge in [0.05, 0.1) is 0 Å². The maximum atomic E-state index is 6.02. The van der Waals surface area contributed by atoms with Crippen molar-refractivity contribution in [2.45, 2.75) is 70.1 Å². The molecule has 1 nitrogen and oxygen atoms in total. The van der Waals surface area contributed by atoms with Gasteiger partial charge in [0.1, 0.15) is 0 Å². The number of ether oxygens (including phenoxy) is 1. The molecule has 0 aromatic heterocycles. The van der Waals surface area contributed by atoms with Gasteiger partial charge in [0.2, 0.25) is 0 Å². The fourth-order valence-electron chi connectivity index (χ4n) is 5.98. The first-order valence-corrected chi connectivity index (χ1v) is 12.5. The Morgan fingerprint density at radius 1 is 0.733 bits per heavy atom. The molecule has 162 valence electrons. The van der Waals surface area contributed by atoms with Crippen LogP contribution in [0, 0.1) is 17.8 Å². The highest BCUT2D eigenvalue weighted by molar-refractivity contribution is 6.30. The second-order valence-corrected chi connectivity index (χ2v) is 10.1. The standard InChI is InChI=1S/C28H37ClO/c1-30-20-2-3-21-4-6-22(7-5-21)23-8-10-24(11-9-23)25-12-14-26(15-13-25)27-16-18-28(29)19-17-27/h12-19,21-24H,2-11,20H2,1H3/t21-,22-,23?,24?. The summed E-state index contributed by atoms with van der Waals surface area (Å²) in [6.07, 6.45) is 14.1. The molecule has 0 atom stereocenters. The third-order valence-electron chi connectivity index (χ3n) is 7.85. The van der Waals surface area contributed by atoms with E-state index in [1.807, 2.05) is 19.2 Å². The maximum absolute atomic E-state index is 6.02. The van der Waals surface area contributed by atoms with E-state index in [4.69, 9.17) is 16.3 Å². The minimum atomic E-state index is 0.755. The fourth-order valence-corrected chi connectivity index (χ4v) is 6.10. The maximum Gasteiger partial charge on any atom is 0.0462 e. The van der Waals surface area contributed by atoms with Gasteiger partial charge in [-0.2, -0.15) is 0 Å². The Bertz CT molecular complexity index is 750. The molecule has 2 aromatic carbocycles. The summed E-state index contributed by atoms with van der Waals surface area (Å²) in [5.41, 5.74) is 4.06. The quantitative estimate of drug-likeness (QED) is 0.404. The molecule has 0 unspecified atom stereocenters. The Morgan fingerprint density at radius 3 is 1.83 bits per heavy atom. The summed E-state index contributed by atoms with van der Waals surface area (Å²) in [4.78, 5) is 0. The van der Waals surface area contributed by atoms with Crippen LogP contribution in [-0.4, -0.2) is 13.7 Å². The average Bonchev–Trinajstić information content (AvgIpc) is 2.81. The van der Waals surface area contributed by atoms with Crippen LogP contribution < -0.4 is 0 Å². The zero-order valence-corrected chi connectivity index (χ0v) is 19.2. The summed E-state index contributed by atoms with van der Waals surface area (Å²) in [5.74, 6) is 3.70. The third kappa shape index (κ3) is 5.68. The normalized spacial score (nSPS) is 27.1. The Morgan fingerprint density at radius 2 is 1.27 bits per heavy atom. The molecular formula is C28H37ClO. The van der Waals surface area contributed by atoms with Crippen LogP contribution in [0.15, 0.2) is 48.5 Å². The lowest BCUT2D eigenvalue weighted by Crippen LogP contribution is -2.25. The SMILES string of the molecule is COCCC[C@H]1CC[C@H](C2CCC(c3ccc(-c4ccc(Cl)cc4)cc3)CC2)CC1. The predicted molar refractivity (Wildman–Crippen MR) is 128 cm³/mol. The molecule has 0 spiro atoms. The molecule has 2 heteroatoms. The van der Waals surface area contributed by atoms with Gasteiger partial charge in [-0.15, -0.1) is 0 Å². The minimum absolute atomic E-state index is 0.755. The van der Waals surface area contributed by atoms with E-state index in [0.29, 0.717) is 0 Å². The summed E-state index contributed by atoms with van der Waals surface area (Å²) in [6.45, 7) is 0.935. The number of halogens is 1. The third-order valence-corrected chi connectivity index (χ3v) is 8.10. The van der Waals surface area contributed by atoms with Crippen molar-refractivity contribution in [3.63, 3.8) is 0 Å².